The zero-order chi connectivity index (χ0) is 14.9. The summed E-state index contributed by atoms with van der Waals surface area (Å²) in [6.07, 6.45) is 3.72. The summed E-state index contributed by atoms with van der Waals surface area (Å²) < 4.78 is 5.38. The smallest absolute Gasteiger partial charge is 0.352 e. The van der Waals surface area contributed by atoms with Crippen LogP contribution in [0.2, 0.25) is 0 Å². The Morgan fingerprint density at radius 2 is 2.05 bits per heavy atom. The van der Waals surface area contributed by atoms with Gasteiger partial charge in [0, 0.05) is 13.0 Å². The second-order valence-corrected chi connectivity index (χ2v) is 5.07. The molecule has 6 heteroatoms. The molecule has 110 valence electrons. The van der Waals surface area contributed by atoms with Gasteiger partial charge in [-0.05, 0) is 31.8 Å². The number of nitrogens with one attached hydrogen (secondary N) is 1. The van der Waals surface area contributed by atoms with Gasteiger partial charge in [-0.25, -0.2) is 9.59 Å². The lowest BCUT2D eigenvalue weighted by atomic mass is 9.77. The molecule has 0 saturated heterocycles. The number of methoxy groups -OCH3 is 1. The van der Waals surface area contributed by atoms with E-state index in [-0.39, 0.29) is 23.3 Å². The number of ether oxygens (including phenoxy) is 1. The van der Waals surface area contributed by atoms with Crippen molar-refractivity contribution in [1.29, 1.82) is 0 Å². The molecular weight excluding hydrogens is 262 g/mol. The van der Waals surface area contributed by atoms with Crippen molar-refractivity contribution in [3.05, 3.63) is 22.9 Å². The van der Waals surface area contributed by atoms with E-state index in [1.807, 2.05) is 0 Å². The Labute approximate surface area is 117 Å². The lowest BCUT2D eigenvalue weighted by Crippen LogP contribution is -2.37. The van der Waals surface area contributed by atoms with Crippen LogP contribution in [0.4, 0.5) is 0 Å². The molecule has 1 aliphatic heterocycles. The Morgan fingerprint density at radius 3 is 2.55 bits per heavy atom. The number of hydrogen-bond donors (Lipinski definition) is 3. The molecule has 3 N–H and O–H groups in total. The van der Waals surface area contributed by atoms with Crippen molar-refractivity contribution in [2.75, 3.05) is 7.11 Å². The van der Waals surface area contributed by atoms with Gasteiger partial charge in [0.15, 0.2) is 0 Å². The maximum atomic E-state index is 11.4. The second-order valence-electron chi connectivity index (χ2n) is 5.07. The highest BCUT2D eigenvalue weighted by atomic mass is 16.5. The third-order valence-electron chi connectivity index (χ3n) is 4.11. The van der Waals surface area contributed by atoms with Crippen LogP contribution < -0.4 is 5.32 Å². The predicted octanol–water partition coefficient (Wildman–Crippen LogP) is 1.14. The van der Waals surface area contributed by atoms with E-state index in [4.69, 9.17) is 4.74 Å². The number of hydrogen-bond acceptors (Lipinski definition) is 4. The molecule has 0 amide bonds. The van der Waals surface area contributed by atoms with Crippen molar-refractivity contribution < 1.29 is 24.5 Å². The average molecular weight is 281 g/mol. The van der Waals surface area contributed by atoms with Crippen LogP contribution in [0.25, 0.3) is 0 Å². The molecule has 0 unspecified atom stereocenters. The number of carboxylic acid groups (broad SMARTS) is 2. The van der Waals surface area contributed by atoms with Gasteiger partial charge in [-0.15, -0.1) is 0 Å². The zero-order valence-corrected chi connectivity index (χ0v) is 11.5. The largest absolute Gasteiger partial charge is 0.478 e. The molecule has 3 atom stereocenters. The minimum atomic E-state index is -1.06. The second kappa shape index (κ2) is 5.66. The van der Waals surface area contributed by atoms with Gasteiger partial charge in [0.05, 0.1) is 17.7 Å². The number of fused-ring (bicyclic) bond motifs is 1. The summed E-state index contributed by atoms with van der Waals surface area (Å²) >= 11 is 0. The Hall–Kier alpha value is -1.82. The van der Waals surface area contributed by atoms with Crippen LogP contribution in [0.3, 0.4) is 0 Å². The third kappa shape index (κ3) is 2.31. The summed E-state index contributed by atoms with van der Waals surface area (Å²) in [6, 6.07) is -0.489. The lowest BCUT2D eigenvalue weighted by molar-refractivity contribution is -0.134. The first-order valence-electron chi connectivity index (χ1n) is 6.67. The van der Waals surface area contributed by atoms with E-state index in [9.17, 15) is 19.8 Å². The molecule has 1 saturated carbocycles. The molecule has 0 bridgehead atoms. The molecule has 0 aromatic rings. The molecule has 1 aliphatic carbocycles. The van der Waals surface area contributed by atoms with Crippen LogP contribution in [-0.4, -0.2) is 41.4 Å². The molecule has 20 heavy (non-hydrogen) atoms. The number of carbonyl (C=O) groups is 2. The van der Waals surface area contributed by atoms with Gasteiger partial charge in [-0.2, -0.15) is 0 Å². The number of allylic oxidation sites excluding steroid dienone is 1. The molecule has 1 heterocycles. The highest BCUT2D eigenvalue weighted by Gasteiger charge is 2.45. The molecule has 0 spiro atoms. The van der Waals surface area contributed by atoms with Crippen molar-refractivity contribution >= 4 is 11.9 Å². The average Bonchev–Trinajstić information content (AvgIpc) is 2.79. The minimum absolute atomic E-state index is 0.104. The molecule has 0 aromatic heterocycles. The molecular formula is C14H19NO5. The molecule has 2 rings (SSSR count). The van der Waals surface area contributed by atoms with Gasteiger partial charge >= 0.3 is 11.9 Å². The monoisotopic (exact) mass is 281 g/mol. The summed E-state index contributed by atoms with van der Waals surface area (Å²) in [5, 5.41) is 21.5. The number of aliphatic carboxylic acids is 2. The van der Waals surface area contributed by atoms with Crippen molar-refractivity contribution in [3.63, 3.8) is 0 Å². The van der Waals surface area contributed by atoms with Crippen LogP contribution >= 0.6 is 0 Å². The van der Waals surface area contributed by atoms with Gasteiger partial charge in [0.25, 0.3) is 0 Å². The first-order valence-corrected chi connectivity index (χ1v) is 6.67. The normalized spacial score (nSPS) is 29.9. The van der Waals surface area contributed by atoms with Gasteiger partial charge in [0.1, 0.15) is 5.70 Å². The Morgan fingerprint density at radius 1 is 1.35 bits per heavy atom. The topological polar surface area (TPSA) is 95.9 Å². The summed E-state index contributed by atoms with van der Waals surface area (Å²) in [5.41, 5.74) is 1.02. The summed E-state index contributed by atoms with van der Waals surface area (Å²) in [5.74, 6) is -2.20. The van der Waals surface area contributed by atoms with Crippen molar-refractivity contribution in [3.8, 4) is 0 Å². The Balaban J connectivity index is 2.41. The number of carboxylic acids is 2. The van der Waals surface area contributed by atoms with Crippen LogP contribution in [0.1, 0.15) is 26.2 Å². The predicted molar refractivity (Wildman–Crippen MR) is 71.1 cm³/mol. The summed E-state index contributed by atoms with van der Waals surface area (Å²) in [6.45, 7) is 1.65. The van der Waals surface area contributed by atoms with Gasteiger partial charge < -0.3 is 20.3 Å². The van der Waals surface area contributed by atoms with E-state index >= 15 is 0 Å². The Kier molecular flexibility index (Phi) is 4.13. The minimum Gasteiger partial charge on any atom is -0.478 e. The van der Waals surface area contributed by atoms with Crippen molar-refractivity contribution in [2.24, 2.45) is 5.92 Å². The van der Waals surface area contributed by atoms with Crippen molar-refractivity contribution in [2.45, 2.75) is 38.3 Å². The highest BCUT2D eigenvalue weighted by molar-refractivity contribution is 5.92. The zero-order valence-electron chi connectivity index (χ0n) is 11.5. The molecule has 0 radical (unpaired) electrons. The van der Waals surface area contributed by atoms with Crippen molar-refractivity contribution in [1.82, 2.24) is 5.32 Å². The SMILES string of the molecule is C/C=C(/C(=O)O)[C@@H]1NC(C(=O)O)=C2[C@@H](OC)CCC[C@@H]21. The summed E-state index contributed by atoms with van der Waals surface area (Å²) in [4.78, 5) is 22.7. The summed E-state index contributed by atoms with van der Waals surface area (Å²) in [7, 11) is 1.56. The van der Waals surface area contributed by atoms with E-state index in [1.54, 1.807) is 14.0 Å². The van der Waals surface area contributed by atoms with Gasteiger partial charge in [0.2, 0.25) is 0 Å². The third-order valence-corrected chi connectivity index (χ3v) is 4.11. The van der Waals surface area contributed by atoms with Crippen LogP contribution in [-0.2, 0) is 14.3 Å². The van der Waals surface area contributed by atoms with E-state index in [0.717, 1.165) is 19.3 Å². The van der Waals surface area contributed by atoms with Gasteiger partial charge in [-0.1, -0.05) is 6.08 Å². The molecule has 1 fully saturated rings. The fourth-order valence-corrected chi connectivity index (χ4v) is 3.27. The van der Waals surface area contributed by atoms with Crippen LogP contribution in [0, 0.1) is 5.92 Å². The van der Waals surface area contributed by atoms with Crippen LogP contribution in [0.15, 0.2) is 22.9 Å². The van der Waals surface area contributed by atoms with E-state index in [2.05, 4.69) is 5.32 Å². The van der Waals surface area contributed by atoms with E-state index in [0.29, 0.717) is 5.57 Å². The first-order chi connectivity index (χ1) is 9.51. The quantitative estimate of drug-likeness (QED) is 0.669. The lowest BCUT2D eigenvalue weighted by Gasteiger charge is -2.31. The van der Waals surface area contributed by atoms with E-state index in [1.165, 1.54) is 6.08 Å². The fourth-order valence-electron chi connectivity index (χ4n) is 3.27. The van der Waals surface area contributed by atoms with Gasteiger partial charge in [-0.3, -0.25) is 0 Å². The molecule has 6 nitrogen and oxygen atoms in total. The Bertz CT molecular complexity index is 494. The van der Waals surface area contributed by atoms with E-state index < -0.39 is 18.0 Å². The maximum Gasteiger partial charge on any atom is 0.352 e. The number of rotatable bonds is 4. The maximum absolute atomic E-state index is 11.4. The molecule has 0 aromatic carbocycles. The molecule has 2 aliphatic rings. The highest BCUT2D eigenvalue weighted by Crippen LogP contribution is 2.41. The fraction of sp³-hybridized carbons (Fsp3) is 0.571. The standard InChI is InChI=1S/C14H19NO5/c1-3-7(13(16)17)11-8-5-4-6-9(20-2)10(8)12(15-11)14(18)19/h3,8-9,11,15H,4-6H2,1-2H3,(H,16,17)(H,18,19)/b7-3+/t8-,9-,11-/m0/s1. The van der Waals surface area contributed by atoms with Crippen LogP contribution in [0.5, 0.6) is 0 Å². The first kappa shape index (κ1) is 14.6.